The van der Waals surface area contributed by atoms with E-state index in [9.17, 15) is 18.8 Å². The molecule has 1 aliphatic carbocycles. The molecule has 0 saturated heterocycles. The second-order valence-corrected chi connectivity index (χ2v) is 7.04. The number of benzene rings is 2. The van der Waals surface area contributed by atoms with E-state index in [1.807, 2.05) is 0 Å². The number of hydrogen-bond acceptors (Lipinski definition) is 4. The summed E-state index contributed by atoms with van der Waals surface area (Å²) in [6.07, 6.45) is 6.74. The lowest BCUT2D eigenvalue weighted by atomic mass is 10.1. The summed E-state index contributed by atoms with van der Waals surface area (Å²) in [6, 6.07) is 12.4. The van der Waals surface area contributed by atoms with Crippen molar-refractivity contribution in [3.05, 3.63) is 71.6 Å². The van der Waals surface area contributed by atoms with Crippen molar-refractivity contribution < 1.29 is 23.5 Å². The standard InChI is InChI=1S/C23H23FN2O4/c24-17-12-9-16(10-13-17)11-14-22(28)30-15-21(27)26-20-8-4-3-7-19(20)23(29)25-18-5-1-2-6-18/h3-4,7-14,18H,1-2,5-6,15H2,(H,25,29)(H,26,27)/b14-11+. The van der Waals surface area contributed by atoms with E-state index >= 15 is 0 Å². The van der Waals surface area contributed by atoms with Crippen molar-refractivity contribution in [1.29, 1.82) is 0 Å². The van der Waals surface area contributed by atoms with Crippen LogP contribution >= 0.6 is 0 Å². The van der Waals surface area contributed by atoms with Crippen molar-refractivity contribution in [2.45, 2.75) is 31.7 Å². The van der Waals surface area contributed by atoms with E-state index in [0.717, 1.165) is 31.8 Å². The lowest BCUT2D eigenvalue weighted by Gasteiger charge is -2.15. The van der Waals surface area contributed by atoms with Gasteiger partial charge in [-0.2, -0.15) is 0 Å². The van der Waals surface area contributed by atoms with Crippen molar-refractivity contribution >= 4 is 29.5 Å². The third-order valence-electron chi connectivity index (χ3n) is 4.76. The summed E-state index contributed by atoms with van der Waals surface area (Å²) < 4.78 is 17.8. The molecule has 3 rings (SSSR count). The quantitative estimate of drug-likeness (QED) is 0.539. The Morgan fingerprint density at radius 2 is 1.73 bits per heavy atom. The van der Waals surface area contributed by atoms with E-state index in [1.165, 1.54) is 30.3 Å². The second-order valence-electron chi connectivity index (χ2n) is 7.04. The van der Waals surface area contributed by atoms with Crippen molar-refractivity contribution in [2.24, 2.45) is 0 Å². The zero-order chi connectivity index (χ0) is 21.3. The molecule has 156 valence electrons. The van der Waals surface area contributed by atoms with Gasteiger partial charge in [0.25, 0.3) is 11.8 Å². The van der Waals surface area contributed by atoms with E-state index in [4.69, 9.17) is 4.74 Å². The topological polar surface area (TPSA) is 84.5 Å². The van der Waals surface area contributed by atoms with Crippen LogP contribution in [0.4, 0.5) is 10.1 Å². The Balaban J connectivity index is 1.51. The van der Waals surface area contributed by atoms with E-state index in [0.29, 0.717) is 16.8 Å². The largest absolute Gasteiger partial charge is 0.452 e. The fraction of sp³-hybridized carbons (Fsp3) is 0.261. The van der Waals surface area contributed by atoms with Crippen molar-refractivity contribution in [1.82, 2.24) is 5.32 Å². The average Bonchev–Trinajstić information content (AvgIpc) is 3.25. The molecule has 2 aromatic rings. The minimum absolute atomic E-state index is 0.162. The first-order valence-electron chi connectivity index (χ1n) is 9.81. The van der Waals surface area contributed by atoms with Gasteiger partial charge < -0.3 is 15.4 Å². The van der Waals surface area contributed by atoms with Crippen molar-refractivity contribution in [3.63, 3.8) is 0 Å². The van der Waals surface area contributed by atoms with Gasteiger partial charge >= 0.3 is 5.97 Å². The predicted octanol–water partition coefficient (Wildman–Crippen LogP) is 3.69. The minimum Gasteiger partial charge on any atom is -0.452 e. The number of esters is 1. The third-order valence-corrected chi connectivity index (χ3v) is 4.76. The van der Waals surface area contributed by atoms with Gasteiger partial charge in [-0.05, 0) is 48.7 Å². The zero-order valence-corrected chi connectivity index (χ0v) is 16.4. The Bertz CT molecular complexity index is 934. The monoisotopic (exact) mass is 410 g/mol. The van der Waals surface area contributed by atoms with Crippen LogP contribution in [0.15, 0.2) is 54.6 Å². The van der Waals surface area contributed by atoms with Crippen molar-refractivity contribution in [3.8, 4) is 0 Å². The first-order valence-corrected chi connectivity index (χ1v) is 9.81. The molecule has 30 heavy (non-hydrogen) atoms. The maximum atomic E-state index is 12.9. The highest BCUT2D eigenvalue weighted by Crippen LogP contribution is 2.20. The Labute approximate surface area is 174 Å². The predicted molar refractivity (Wildman–Crippen MR) is 111 cm³/mol. The van der Waals surface area contributed by atoms with Crippen LogP contribution < -0.4 is 10.6 Å². The maximum Gasteiger partial charge on any atom is 0.331 e. The van der Waals surface area contributed by atoms with Gasteiger partial charge in [-0.3, -0.25) is 9.59 Å². The summed E-state index contributed by atoms with van der Waals surface area (Å²) in [7, 11) is 0. The zero-order valence-electron chi connectivity index (χ0n) is 16.4. The van der Waals surface area contributed by atoms with E-state index in [1.54, 1.807) is 24.3 Å². The summed E-state index contributed by atoms with van der Waals surface area (Å²) >= 11 is 0. The fourth-order valence-electron chi connectivity index (χ4n) is 3.23. The molecule has 0 aliphatic heterocycles. The van der Waals surface area contributed by atoms with Crippen molar-refractivity contribution in [2.75, 3.05) is 11.9 Å². The summed E-state index contributed by atoms with van der Waals surface area (Å²) in [5.74, 6) is -1.87. The Morgan fingerprint density at radius 3 is 2.47 bits per heavy atom. The first-order chi connectivity index (χ1) is 14.5. The molecule has 1 saturated carbocycles. The van der Waals surface area contributed by atoms with Crippen LogP contribution in [0.5, 0.6) is 0 Å². The molecule has 2 amide bonds. The van der Waals surface area contributed by atoms with Gasteiger partial charge in [-0.25, -0.2) is 9.18 Å². The van der Waals surface area contributed by atoms with Crippen LogP contribution in [0.3, 0.4) is 0 Å². The molecular formula is C23H23FN2O4. The van der Waals surface area contributed by atoms with Gasteiger partial charge in [0.05, 0.1) is 11.3 Å². The van der Waals surface area contributed by atoms with Crippen LogP contribution in [0.25, 0.3) is 6.08 Å². The number of carbonyl (C=O) groups is 3. The van der Waals surface area contributed by atoms with Gasteiger partial charge in [0.1, 0.15) is 5.82 Å². The summed E-state index contributed by atoms with van der Waals surface area (Å²) in [5, 5.41) is 5.60. The number of amides is 2. The molecule has 0 bridgehead atoms. The number of anilines is 1. The van der Waals surface area contributed by atoms with Crippen LogP contribution in [0, 0.1) is 5.82 Å². The summed E-state index contributed by atoms with van der Waals surface area (Å²) in [5.41, 5.74) is 1.34. The molecule has 0 heterocycles. The number of rotatable bonds is 7. The molecule has 0 radical (unpaired) electrons. The Morgan fingerprint density at radius 1 is 1.03 bits per heavy atom. The fourth-order valence-corrected chi connectivity index (χ4v) is 3.23. The number of ether oxygens (including phenoxy) is 1. The van der Waals surface area contributed by atoms with Gasteiger partial charge in [0, 0.05) is 12.1 Å². The molecule has 6 nitrogen and oxygen atoms in total. The van der Waals surface area contributed by atoms with Crippen LogP contribution in [0.1, 0.15) is 41.6 Å². The van der Waals surface area contributed by atoms with Crippen LogP contribution in [0.2, 0.25) is 0 Å². The summed E-state index contributed by atoms with van der Waals surface area (Å²) in [4.78, 5) is 36.5. The lowest BCUT2D eigenvalue weighted by Crippen LogP contribution is -2.33. The number of nitrogens with one attached hydrogen (secondary N) is 2. The molecule has 0 spiro atoms. The van der Waals surface area contributed by atoms with Crippen LogP contribution in [-0.2, 0) is 14.3 Å². The number of carbonyl (C=O) groups excluding carboxylic acids is 3. The highest BCUT2D eigenvalue weighted by Gasteiger charge is 2.20. The van der Waals surface area contributed by atoms with Crippen LogP contribution in [-0.4, -0.2) is 30.4 Å². The third kappa shape index (κ3) is 6.27. The van der Waals surface area contributed by atoms with Gasteiger partial charge in [-0.15, -0.1) is 0 Å². The summed E-state index contributed by atoms with van der Waals surface area (Å²) in [6.45, 7) is -0.495. The molecule has 2 aromatic carbocycles. The van der Waals surface area contributed by atoms with Gasteiger partial charge in [-0.1, -0.05) is 37.1 Å². The smallest absolute Gasteiger partial charge is 0.331 e. The Hall–Kier alpha value is -3.48. The molecule has 1 aliphatic rings. The molecular weight excluding hydrogens is 387 g/mol. The molecule has 1 fully saturated rings. The van der Waals surface area contributed by atoms with Gasteiger partial charge in [0.2, 0.25) is 0 Å². The molecule has 2 N–H and O–H groups in total. The number of hydrogen-bond donors (Lipinski definition) is 2. The number of halogens is 1. The Kier molecular flexibility index (Phi) is 7.32. The maximum absolute atomic E-state index is 12.9. The molecule has 0 atom stereocenters. The first kappa shape index (κ1) is 21.2. The van der Waals surface area contributed by atoms with Gasteiger partial charge in [0.15, 0.2) is 6.61 Å². The van der Waals surface area contributed by atoms with E-state index in [2.05, 4.69) is 10.6 Å². The highest BCUT2D eigenvalue weighted by molar-refractivity contribution is 6.04. The minimum atomic E-state index is -0.707. The molecule has 0 aromatic heterocycles. The van der Waals surface area contributed by atoms with E-state index in [-0.39, 0.29) is 17.8 Å². The highest BCUT2D eigenvalue weighted by atomic mass is 19.1. The van der Waals surface area contributed by atoms with E-state index < -0.39 is 18.5 Å². The average molecular weight is 410 g/mol. The second kappa shape index (κ2) is 10.3. The lowest BCUT2D eigenvalue weighted by molar-refractivity contribution is -0.142. The number of para-hydroxylation sites is 1. The normalized spacial score (nSPS) is 13.9. The SMILES string of the molecule is O=C(COC(=O)/C=C/c1ccc(F)cc1)Nc1ccccc1C(=O)NC1CCCC1. The molecule has 7 heteroatoms. The molecule has 0 unspecified atom stereocenters.